The van der Waals surface area contributed by atoms with Gasteiger partial charge >= 0.3 is 0 Å². The largest absolute Gasteiger partial charge is 0.483 e. The predicted octanol–water partition coefficient (Wildman–Crippen LogP) is 4.04. The smallest absolute Gasteiger partial charge is 0.277 e. The summed E-state index contributed by atoms with van der Waals surface area (Å²) in [6, 6.07) is 11.2. The van der Waals surface area contributed by atoms with Crippen molar-refractivity contribution < 1.29 is 14.5 Å². The number of hydrogen-bond donors (Lipinski definition) is 1. The van der Waals surface area contributed by atoms with Gasteiger partial charge in [-0.3, -0.25) is 14.9 Å². The third-order valence-electron chi connectivity index (χ3n) is 3.10. The molecule has 0 bridgehead atoms. The van der Waals surface area contributed by atoms with Gasteiger partial charge in [0.25, 0.3) is 11.6 Å². The standard InChI is InChI=1S/C16H13Br2N3O4/c1-10(11-2-5-13(6-3-11)21(23)24)19-20-16(22)9-25-15-7-4-12(17)8-14(15)18/h2-8H,9H2,1H3,(H,20,22)/b19-10+. The molecule has 0 aliphatic carbocycles. The zero-order valence-electron chi connectivity index (χ0n) is 13.0. The van der Waals surface area contributed by atoms with E-state index in [0.717, 1.165) is 8.95 Å². The summed E-state index contributed by atoms with van der Waals surface area (Å²) in [5.41, 5.74) is 3.57. The topological polar surface area (TPSA) is 93.8 Å². The lowest BCUT2D eigenvalue weighted by atomic mass is 10.1. The minimum absolute atomic E-state index is 0.00550. The highest BCUT2D eigenvalue weighted by molar-refractivity contribution is 9.11. The van der Waals surface area contributed by atoms with Crippen LogP contribution in [-0.2, 0) is 4.79 Å². The van der Waals surface area contributed by atoms with Crippen molar-refractivity contribution in [2.75, 3.05) is 6.61 Å². The summed E-state index contributed by atoms with van der Waals surface area (Å²) in [7, 11) is 0. The molecule has 1 N–H and O–H groups in total. The fourth-order valence-corrected chi connectivity index (χ4v) is 2.96. The van der Waals surface area contributed by atoms with Crippen molar-refractivity contribution in [3.63, 3.8) is 0 Å². The Bertz CT molecular complexity index is 823. The molecule has 130 valence electrons. The molecule has 0 radical (unpaired) electrons. The fraction of sp³-hybridized carbons (Fsp3) is 0.125. The van der Waals surface area contributed by atoms with Gasteiger partial charge in [0.05, 0.1) is 15.1 Å². The van der Waals surface area contributed by atoms with E-state index in [-0.39, 0.29) is 12.3 Å². The van der Waals surface area contributed by atoms with Crippen molar-refractivity contribution >= 4 is 49.2 Å². The molecule has 0 unspecified atom stereocenters. The summed E-state index contributed by atoms with van der Waals surface area (Å²) < 4.78 is 7.02. The second-order valence-electron chi connectivity index (χ2n) is 4.90. The molecule has 0 aromatic heterocycles. The number of hydrogen-bond acceptors (Lipinski definition) is 5. The zero-order valence-corrected chi connectivity index (χ0v) is 16.2. The molecule has 9 heteroatoms. The van der Waals surface area contributed by atoms with Crippen LogP contribution in [0.2, 0.25) is 0 Å². The van der Waals surface area contributed by atoms with Gasteiger partial charge in [0.2, 0.25) is 0 Å². The van der Waals surface area contributed by atoms with Crippen LogP contribution < -0.4 is 10.2 Å². The number of ether oxygens (including phenoxy) is 1. The molecular weight excluding hydrogens is 458 g/mol. The zero-order chi connectivity index (χ0) is 18.4. The maximum absolute atomic E-state index is 11.8. The maximum atomic E-state index is 11.8. The molecule has 2 aromatic rings. The number of carbonyl (C=O) groups is 1. The van der Waals surface area contributed by atoms with Crippen LogP contribution in [0.4, 0.5) is 5.69 Å². The monoisotopic (exact) mass is 469 g/mol. The Hall–Kier alpha value is -2.26. The predicted molar refractivity (Wildman–Crippen MR) is 101 cm³/mol. The van der Waals surface area contributed by atoms with Crippen LogP contribution in [-0.4, -0.2) is 23.1 Å². The van der Waals surface area contributed by atoms with E-state index < -0.39 is 10.8 Å². The van der Waals surface area contributed by atoms with Crippen LogP contribution in [0.15, 0.2) is 56.5 Å². The molecule has 0 atom stereocenters. The van der Waals surface area contributed by atoms with E-state index in [9.17, 15) is 14.9 Å². The van der Waals surface area contributed by atoms with Gasteiger partial charge in [-0.2, -0.15) is 5.10 Å². The minimum atomic E-state index is -0.477. The molecule has 7 nitrogen and oxygen atoms in total. The van der Waals surface area contributed by atoms with Gasteiger partial charge in [0.1, 0.15) is 5.75 Å². The lowest BCUT2D eigenvalue weighted by molar-refractivity contribution is -0.384. The van der Waals surface area contributed by atoms with Crippen molar-refractivity contribution in [1.82, 2.24) is 5.43 Å². The number of rotatable bonds is 6. The lowest BCUT2D eigenvalue weighted by Gasteiger charge is -2.08. The summed E-state index contributed by atoms with van der Waals surface area (Å²) in [6.07, 6.45) is 0. The summed E-state index contributed by atoms with van der Waals surface area (Å²) in [6.45, 7) is 1.49. The molecule has 0 spiro atoms. The van der Waals surface area contributed by atoms with E-state index in [0.29, 0.717) is 17.0 Å². The van der Waals surface area contributed by atoms with Crippen LogP contribution >= 0.6 is 31.9 Å². The van der Waals surface area contributed by atoms with Gasteiger partial charge in [-0.25, -0.2) is 5.43 Å². The SMILES string of the molecule is C/C(=N\NC(=O)COc1ccc(Br)cc1Br)c1ccc([N+](=O)[O-])cc1. The Balaban J connectivity index is 1.91. The van der Waals surface area contributed by atoms with Crippen LogP contribution in [0, 0.1) is 10.1 Å². The van der Waals surface area contributed by atoms with E-state index >= 15 is 0 Å². The lowest BCUT2D eigenvalue weighted by Crippen LogP contribution is -2.25. The van der Waals surface area contributed by atoms with Gasteiger partial charge < -0.3 is 4.74 Å². The van der Waals surface area contributed by atoms with Crippen molar-refractivity contribution in [1.29, 1.82) is 0 Å². The summed E-state index contributed by atoms with van der Waals surface area (Å²) >= 11 is 6.68. The van der Waals surface area contributed by atoms with Crippen LogP contribution in [0.3, 0.4) is 0 Å². The molecule has 2 rings (SSSR count). The van der Waals surface area contributed by atoms with E-state index in [4.69, 9.17) is 4.74 Å². The van der Waals surface area contributed by atoms with Gasteiger partial charge in [0.15, 0.2) is 6.61 Å². The van der Waals surface area contributed by atoms with E-state index in [1.165, 1.54) is 12.1 Å². The number of benzene rings is 2. The highest BCUT2D eigenvalue weighted by atomic mass is 79.9. The Morgan fingerprint density at radius 3 is 2.52 bits per heavy atom. The highest BCUT2D eigenvalue weighted by Gasteiger charge is 2.08. The first-order chi connectivity index (χ1) is 11.9. The highest BCUT2D eigenvalue weighted by Crippen LogP contribution is 2.28. The number of nitrogens with zero attached hydrogens (tertiary/aromatic N) is 2. The number of non-ortho nitro benzene ring substituents is 1. The number of carbonyl (C=O) groups excluding carboxylic acids is 1. The molecule has 0 aliphatic heterocycles. The number of amides is 1. The molecule has 2 aromatic carbocycles. The quantitative estimate of drug-likeness (QED) is 0.391. The average Bonchev–Trinajstić information content (AvgIpc) is 2.59. The van der Waals surface area contributed by atoms with Crippen LogP contribution in [0.1, 0.15) is 12.5 Å². The second-order valence-corrected chi connectivity index (χ2v) is 6.67. The normalized spacial score (nSPS) is 11.1. The van der Waals surface area contributed by atoms with E-state index in [1.807, 2.05) is 6.07 Å². The van der Waals surface area contributed by atoms with Crippen molar-refractivity contribution in [3.05, 3.63) is 67.1 Å². The van der Waals surface area contributed by atoms with E-state index in [2.05, 4.69) is 42.4 Å². The summed E-state index contributed by atoms with van der Waals surface area (Å²) in [5.74, 6) is 0.116. The molecule has 0 aliphatic rings. The number of nitro groups is 1. The van der Waals surface area contributed by atoms with Gasteiger partial charge in [0, 0.05) is 16.6 Å². The van der Waals surface area contributed by atoms with Gasteiger partial charge in [-0.05, 0) is 58.7 Å². The van der Waals surface area contributed by atoms with Crippen LogP contribution in [0.5, 0.6) is 5.75 Å². The number of nitrogens with one attached hydrogen (secondary N) is 1. The Kier molecular flexibility index (Phi) is 6.65. The molecule has 0 heterocycles. The number of nitro benzene ring substituents is 1. The first-order valence-electron chi connectivity index (χ1n) is 7.02. The van der Waals surface area contributed by atoms with Gasteiger partial charge in [-0.1, -0.05) is 15.9 Å². The summed E-state index contributed by atoms with van der Waals surface area (Å²) in [5, 5.41) is 14.6. The van der Waals surface area contributed by atoms with Gasteiger partial charge in [-0.15, -0.1) is 0 Å². The third kappa shape index (κ3) is 5.64. The first kappa shape index (κ1) is 19.1. The third-order valence-corrected chi connectivity index (χ3v) is 4.21. The molecule has 0 saturated carbocycles. The minimum Gasteiger partial charge on any atom is -0.483 e. The van der Waals surface area contributed by atoms with E-state index in [1.54, 1.807) is 31.2 Å². The van der Waals surface area contributed by atoms with Crippen molar-refractivity contribution in [3.8, 4) is 5.75 Å². The number of hydrazone groups is 1. The maximum Gasteiger partial charge on any atom is 0.277 e. The molecule has 1 amide bonds. The average molecular weight is 471 g/mol. The Morgan fingerprint density at radius 2 is 1.92 bits per heavy atom. The first-order valence-corrected chi connectivity index (χ1v) is 8.61. The van der Waals surface area contributed by atoms with Crippen molar-refractivity contribution in [2.24, 2.45) is 5.10 Å². The van der Waals surface area contributed by atoms with Crippen LogP contribution in [0.25, 0.3) is 0 Å². The van der Waals surface area contributed by atoms with Crippen molar-refractivity contribution in [2.45, 2.75) is 6.92 Å². The molecule has 25 heavy (non-hydrogen) atoms. The molecule has 0 saturated heterocycles. The Morgan fingerprint density at radius 1 is 1.24 bits per heavy atom. The second kappa shape index (κ2) is 8.72. The summed E-state index contributed by atoms with van der Waals surface area (Å²) in [4.78, 5) is 22.0. The molecular formula is C16H13Br2N3O4. The Labute approximate surface area is 160 Å². The molecule has 0 fully saturated rings. The fourth-order valence-electron chi connectivity index (χ4n) is 1.80. The number of halogens is 2.